The van der Waals surface area contributed by atoms with Crippen LogP contribution in [0.25, 0.3) is 10.9 Å². The number of rotatable bonds is 6. The minimum Gasteiger partial charge on any atom is -0.377 e. The zero-order valence-corrected chi connectivity index (χ0v) is 19.1. The summed E-state index contributed by atoms with van der Waals surface area (Å²) in [5.74, 6) is 0.183. The van der Waals surface area contributed by atoms with Crippen molar-refractivity contribution in [2.75, 3.05) is 30.9 Å². The summed E-state index contributed by atoms with van der Waals surface area (Å²) in [5.41, 5.74) is 2.11. The van der Waals surface area contributed by atoms with Crippen LogP contribution in [0, 0.1) is 11.7 Å². The first-order chi connectivity index (χ1) is 15.4. The van der Waals surface area contributed by atoms with Gasteiger partial charge in [-0.05, 0) is 49.8 Å². The summed E-state index contributed by atoms with van der Waals surface area (Å²) in [5, 5.41) is 7.57. The molecule has 1 aliphatic rings. The number of benzene rings is 2. The molecule has 1 aliphatic carbocycles. The van der Waals surface area contributed by atoms with Crippen LogP contribution < -0.4 is 15.5 Å². The molecule has 0 unspecified atom stereocenters. The Kier molecular flexibility index (Phi) is 6.80. The van der Waals surface area contributed by atoms with Gasteiger partial charge in [-0.2, -0.15) is 0 Å². The maximum absolute atomic E-state index is 14.0. The predicted octanol–water partition coefficient (Wildman–Crippen LogP) is 5.49. The Morgan fingerprint density at radius 2 is 1.88 bits per heavy atom. The average molecular weight is 455 g/mol. The highest BCUT2D eigenvalue weighted by Crippen LogP contribution is 2.30. The van der Waals surface area contributed by atoms with E-state index >= 15 is 0 Å². The molecule has 1 heterocycles. The van der Waals surface area contributed by atoms with Crippen LogP contribution in [0.15, 0.2) is 48.5 Å². The number of fused-ring (bicyclic) bond motifs is 1. The van der Waals surface area contributed by atoms with Gasteiger partial charge in [0.1, 0.15) is 5.82 Å². The van der Waals surface area contributed by atoms with Crippen LogP contribution in [0.3, 0.4) is 0 Å². The van der Waals surface area contributed by atoms with E-state index in [9.17, 15) is 9.18 Å². The number of pyridine rings is 1. The van der Waals surface area contributed by atoms with Crippen molar-refractivity contribution in [1.29, 1.82) is 0 Å². The molecular formula is C25H28ClFN4O. The number of nitrogens with zero attached hydrogens (tertiary/aromatic N) is 2. The number of anilines is 2. The number of halogens is 2. The molecule has 1 fully saturated rings. The van der Waals surface area contributed by atoms with E-state index in [-0.39, 0.29) is 10.6 Å². The molecule has 1 amide bonds. The lowest BCUT2D eigenvalue weighted by Gasteiger charge is -2.30. The molecule has 3 aromatic rings. The highest BCUT2D eigenvalue weighted by Gasteiger charge is 2.23. The fourth-order valence-electron chi connectivity index (χ4n) is 4.33. The normalized spacial score (nSPS) is 18.4. The van der Waals surface area contributed by atoms with Gasteiger partial charge in [0.25, 0.3) is 5.91 Å². The van der Waals surface area contributed by atoms with Gasteiger partial charge in [-0.25, -0.2) is 9.37 Å². The minimum atomic E-state index is -0.667. The van der Waals surface area contributed by atoms with E-state index in [2.05, 4.69) is 27.7 Å². The highest BCUT2D eigenvalue weighted by atomic mass is 35.5. The summed E-state index contributed by atoms with van der Waals surface area (Å²) in [6.07, 6.45) is 3.98. The molecule has 1 saturated carbocycles. The summed E-state index contributed by atoms with van der Waals surface area (Å²) in [4.78, 5) is 19.2. The Balaban J connectivity index is 1.32. The third-order valence-corrected chi connectivity index (χ3v) is 6.41. The lowest BCUT2D eigenvalue weighted by molar-refractivity contribution is 0.0939. The second kappa shape index (κ2) is 9.74. The maximum Gasteiger partial charge on any atom is 0.254 e. The number of para-hydroxylation sites is 1. The van der Waals surface area contributed by atoms with Crippen LogP contribution in [0.1, 0.15) is 36.0 Å². The summed E-state index contributed by atoms with van der Waals surface area (Å²) >= 11 is 5.78. The molecule has 2 aromatic carbocycles. The number of carbonyl (C=O) groups excluding carboxylic acids is 1. The van der Waals surface area contributed by atoms with E-state index in [0.29, 0.717) is 18.5 Å². The summed E-state index contributed by atoms with van der Waals surface area (Å²) in [6.45, 7) is 0.538. The molecule has 0 saturated heterocycles. The molecule has 0 radical (unpaired) electrons. The molecule has 0 bridgehead atoms. The molecule has 7 heteroatoms. The first kappa shape index (κ1) is 22.3. The Morgan fingerprint density at radius 1 is 1.12 bits per heavy atom. The van der Waals surface area contributed by atoms with Crippen LogP contribution >= 0.6 is 11.6 Å². The summed E-state index contributed by atoms with van der Waals surface area (Å²) < 4.78 is 14.0. The van der Waals surface area contributed by atoms with Gasteiger partial charge in [0.15, 0.2) is 5.82 Å². The van der Waals surface area contributed by atoms with Gasteiger partial charge in [-0.15, -0.1) is 0 Å². The van der Waals surface area contributed by atoms with Crippen molar-refractivity contribution >= 4 is 39.9 Å². The molecule has 4 rings (SSSR count). The fourth-order valence-corrected chi connectivity index (χ4v) is 4.51. The number of hydrogen-bond donors (Lipinski definition) is 2. The van der Waals surface area contributed by atoms with Crippen LogP contribution in [0.2, 0.25) is 5.02 Å². The maximum atomic E-state index is 14.0. The first-order valence-electron chi connectivity index (χ1n) is 11.0. The van der Waals surface area contributed by atoms with Gasteiger partial charge in [0, 0.05) is 43.8 Å². The van der Waals surface area contributed by atoms with Crippen LogP contribution in [0.5, 0.6) is 0 Å². The van der Waals surface area contributed by atoms with E-state index in [4.69, 9.17) is 16.6 Å². The third kappa shape index (κ3) is 4.96. The zero-order chi connectivity index (χ0) is 22.7. The fraction of sp³-hybridized carbons (Fsp3) is 0.360. The van der Waals surface area contributed by atoms with Crippen LogP contribution in [-0.2, 0) is 0 Å². The molecule has 0 aliphatic heterocycles. The van der Waals surface area contributed by atoms with Gasteiger partial charge in [-0.1, -0.05) is 35.9 Å². The SMILES string of the molecule is CN(C)c1cc(N[C@H]2CC[C@@H](CNC(=O)c3cccc(Cl)c3F)CC2)nc2ccccc12. The van der Waals surface area contributed by atoms with Gasteiger partial charge in [-0.3, -0.25) is 4.79 Å². The highest BCUT2D eigenvalue weighted by molar-refractivity contribution is 6.31. The zero-order valence-electron chi connectivity index (χ0n) is 18.4. The number of amides is 1. The second-order valence-electron chi connectivity index (χ2n) is 8.61. The van der Waals surface area contributed by atoms with Crippen molar-refractivity contribution in [2.45, 2.75) is 31.7 Å². The van der Waals surface area contributed by atoms with Crippen LogP contribution in [-0.4, -0.2) is 37.6 Å². The quantitative estimate of drug-likeness (QED) is 0.516. The Hall–Kier alpha value is -2.86. The summed E-state index contributed by atoms with van der Waals surface area (Å²) in [6, 6.07) is 15.1. The van der Waals surface area contributed by atoms with E-state index in [1.165, 1.54) is 12.1 Å². The average Bonchev–Trinajstić information content (AvgIpc) is 2.79. The van der Waals surface area contributed by atoms with Crippen molar-refractivity contribution < 1.29 is 9.18 Å². The number of carbonyl (C=O) groups is 1. The van der Waals surface area contributed by atoms with Gasteiger partial charge in [0.2, 0.25) is 0 Å². The van der Waals surface area contributed by atoms with Gasteiger partial charge >= 0.3 is 0 Å². The van der Waals surface area contributed by atoms with Gasteiger partial charge in [0.05, 0.1) is 16.1 Å². The number of aromatic nitrogens is 1. The Bertz CT molecular complexity index is 1110. The van der Waals surface area contributed by atoms with Gasteiger partial charge < -0.3 is 15.5 Å². The van der Waals surface area contributed by atoms with Crippen molar-refractivity contribution in [3.05, 3.63) is 64.9 Å². The smallest absolute Gasteiger partial charge is 0.254 e. The Morgan fingerprint density at radius 3 is 2.62 bits per heavy atom. The van der Waals surface area contributed by atoms with E-state index in [0.717, 1.165) is 48.1 Å². The van der Waals surface area contributed by atoms with Crippen molar-refractivity contribution in [3.8, 4) is 0 Å². The second-order valence-corrected chi connectivity index (χ2v) is 9.02. The van der Waals surface area contributed by atoms with Crippen molar-refractivity contribution in [2.24, 2.45) is 5.92 Å². The topological polar surface area (TPSA) is 57.3 Å². The molecule has 32 heavy (non-hydrogen) atoms. The van der Waals surface area contributed by atoms with Crippen LogP contribution in [0.4, 0.5) is 15.9 Å². The molecule has 0 spiro atoms. The van der Waals surface area contributed by atoms with Crippen molar-refractivity contribution in [1.82, 2.24) is 10.3 Å². The predicted molar refractivity (Wildman–Crippen MR) is 129 cm³/mol. The standard InChI is InChI=1S/C25H28ClFN4O/c1-31(2)22-14-23(30-21-9-4-3-6-18(21)22)29-17-12-10-16(11-13-17)15-28-25(32)19-7-5-8-20(26)24(19)27/h3-9,14,16-17H,10-13,15H2,1-2H3,(H,28,32)(H,29,30)/t16-,17+. The Labute approximate surface area is 193 Å². The van der Waals surface area contributed by atoms with E-state index in [1.54, 1.807) is 6.07 Å². The monoisotopic (exact) mass is 454 g/mol. The van der Waals surface area contributed by atoms with Crippen molar-refractivity contribution in [3.63, 3.8) is 0 Å². The third-order valence-electron chi connectivity index (χ3n) is 6.12. The number of hydrogen-bond acceptors (Lipinski definition) is 4. The lowest BCUT2D eigenvalue weighted by atomic mass is 9.86. The van der Waals surface area contributed by atoms with E-state index < -0.39 is 11.7 Å². The molecule has 0 atom stereocenters. The molecule has 5 nitrogen and oxygen atoms in total. The molecule has 168 valence electrons. The molecule has 2 N–H and O–H groups in total. The molecule has 1 aromatic heterocycles. The number of nitrogens with one attached hydrogen (secondary N) is 2. The summed E-state index contributed by atoms with van der Waals surface area (Å²) in [7, 11) is 4.08. The first-order valence-corrected chi connectivity index (χ1v) is 11.4. The largest absolute Gasteiger partial charge is 0.377 e. The lowest BCUT2D eigenvalue weighted by Crippen LogP contribution is -2.34. The minimum absolute atomic E-state index is 0.00747. The van der Waals surface area contributed by atoms with E-state index in [1.807, 2.05) is 32.3 Å². The molecular weight excluding hydrogens is 427 g/mol.